The Labute approximate surface area is 282 Å². The average molecular weight is 648 g/mol. The van der Waals surface area contributed by atoms with Crippen molar-refractivity contribution in [2.24, 2.45) is 9.39 Å². The number of hydrogen-bond acceptors (Lipinski definition) is 3. The van der Waals surface area contributed by atoms with E-state index in [-0.39, 0.29) is 28.7 Å². The molecule has 0 N–H and O–H groups in total. The molecule has 0 aromatic heterocycles. The van der Waals surface area contributed by atoms with Gasteiger partial charge in [-0.25, -0.2) is 0 Å². The summed E-state index contributed by atoms with van der Waals surface area (Å²) in [6.45, 7) is 19.5. The Hall–Kier alpha value is -4.03. The topological polar surface area (TPSA) is 62.1 Å². The first kappa shape index (κ1) is 34.3. The summed E-state index contributed by atoms with van der Waals surface area (Å²) < 4.78 is 32.7. The SMILES string of the molecule is Cc1ccc(S(=O)(=O)/N=C2\C(c3ccccc3)C(C=Nc3c(C(C)C)cccc3C(C)C)N2c2c(C(C)C)cccc2C(C)C)cc1. The van der Waals surface area contributed by atoms with Gasteiger partial charge in [0.15, 0.2) is 0 Å². The molecule has 1 aliphatic rings. The van der Waals surface area contributed by atoms with E-state index in [1.165, 1.54) is 11.1 Å². The Morgan fingerprint density at radius 2 is 1.13 bits per heavy atom. The van der Waals surface area contributed by atoms with Crippen LogP contribution in [0.5, 0.6) is 0 Å². The number of nitrogens with zero attached hydrogens (tertiary/aromatic N) is 3. The van der Waals surface area contributed by atoms with Gasteiger partial charge in [0.1, 0.15) is 5.84 Å². The minimum Gasteiger partial charge on any atom is -0.318 e. The fraction of sp³-hybridized carbons (Fsp3) is 0.366. The minimum absolute atomic E-state index is 0.188. The molecule has 1 fully saturated rings. The number of rotatable bonds is 10. The maximum absolute atomic E-state index is 14.0. The van der Waals surface area contributed by atoms with Crippen molar-refractivity contribution in [1.82, 2.24) is 0 Å². The van der Waals surface area contributed by atoms with Crippen LogP contribution in [0.15, 0.2) is 105 Å². The third-order valence-corrected chi connectivity index (χ3v) is 10.4. The lowest BCUT2D eigenvalue weighted by Gasteiger charge is -2.50. The normalized spacial score (nSPS) is 17.9. The van der Waals surface area contributed by atoms with Gasteiger partial charge in [-0.15, -0.1) is 4.40 Å². The van der Waals surface area contributed by atoms with E-state index in [4.69, 9.17) is 4.99 Å². The van der Waals surface area contributed by atoms with Gasteiger partial charge in [-0.2, -0.15) is 8.42 Å². The number of hydrogen-bond donors (Lipinski definition) is 0. The summed E-state index contributed by atoms with van der Waals surface area (Å²) in [5.41, 5.74) is 8.76. The van der Waals surface area contributed by atoms with E-state index in [1.54, 1.807) is 12.1 Å². The summed E-state index contributed by atoms with van der Waals surface area (Å²) in [6, 6.07) is 29.7. The summed E-state index contributed by atoms with van der Waals surface area (Å²) in [4.78, 5) is 7.64. The highest BCUT2D eigenvalue weighted by Gasteiger charge is 2.48. The number of aliphatic imine (C=N–C) groups is 1. The lowest BCUT2D eigenvalue weighted by molar-refractivity contribution is 0.595. The fourth-order valence-corrected chi connectivity index (χ4v) is 7.57. The standard InChI is InChI=1S/C41H49N3O2S/c1-26(2)33-17-13-18-34(27(3)4)39(33)42-25-37-38(31-15-11-10-12-16-31)41(43-47(45,46)32-23-21-30(9)22-24-32)44(37)40-35(28(5)6)19-14-20-36(40)29(7)8/h10-29,37-38H,1-9H3/b42-25?,43-41+. The zero-order valence-corrected chi connectivity index (χ0v) is 30.1. The molecule has 5 rings (SSSR count). The van der Waals surface area contributed by atoms with Crippen molar-refractivity contribution in [3.05, 3.63) is 124 Å². The van der Waals surface area contributed by atoms with Crippen LogP contribution in [0.2, 0.25) is 0 Å². The molecule has 0 saturated carbocycles. The smallest absolute Gasteiger partial charge is 0.283 e. The van der Waals surface area contributed by atoms with Crippen molar-refractivity contribution in [2.75, 3.05) is 4.90 Å². The fourth-order valence-electron chi connectivity index (χ4n) is 6.53. The molecule has 47 heavy (non-hydrogen) atoms. The van der Waals surface area contributed by atoms with Crippen molar-refractivity contribution in [2.45, 2.75) is 103 Å². The summed E-state index contributed by atoms with van der Waals surface area (Å²) >= 11 is 0. The van der Waals surface area contributed by atoms with Gasteiger partial charge in [-0.05, 0) is 70.5 Å². The second-order valence-electron chi connectivity index (χ2n) is 14.0. The van der Waals surface area contributed by atoms with Gasteiger partial charge in [-0.3, -0.25) is 4.99 Å². The van der Waals surface area contributed by atoms with E-state index in [1.807, 2.05) is 43.5 Å². The summed E-state index contributed by atoms with van der Waals surface area (Å²) in [5, 5.41) is 0. The molecule has 6 heteroatoms. The molecule has 0 radical (unpaired) electrons. The van der Waals surface area contributed by atoms with E-state index in [0.717, 1.165) is 33.6 Å². The molecular formula is C41H49N3O2S. The van der Waals surface area contributed by atoms with Crippen LogP contribution in [0.25, 0.3) is 0 Å². The second-order valence-corrected chi connectivity index (χ2v) is 15.6. The Morgan fingerprint density at radius 3 is 1.62 bits per heavy atom. The van der Waals surface area contributed by atoms with Gasteiger partial charge in [0.25, 0.3) is 10.0 Å². The predicted molar refractivity (Wildman–Crippen MR) is 199 cm³/mol. The van der Waals surface area contributed by atoms with Crippen molar-refractivity contribution in [1.29, 1.82) is 0 Å². The van der Waals surface area contributed by atoms with Crippen LogP contribution in [0.1, 0.15) is 118 Å². The van der Waals surface area contributed by atoms with Crippen LogP contribution >= 0.6 is 0 Å². The van der Waals surface area contributed by atoms with E-state index in [0.29, 0.717) is 17.7 Å². The van der Waals surface area contributed by atoms with Crippen molar-refractivity contribution in [3.8, 4) is 0 Å². The minimum atomic E-state index is -4.01. The van der Waals surface area contributed by atoms with E-state index in [9.17, 15) is 8.42 Å². The summed E-state index contributed by atoms with van der Waals surface area (Å²) in [6.07, 6.45) is 2.05. The lowest BCUT2D eigenvalue weighted by atomic mass is 9.79. The first-order valence-electron chi connectivity index (χ1n) is 16.9. The van der Waals surface area contributed by atoms with Crippen molar-refractivity contribution >= 4 is 33.4 Å². The zero-order valence-electron chi connectivity index (χ0n) is 29.3. The van der Waals surface area contributed by atoms with Crippen LogP contribution in [-0.4, -0.2) is 26.5 Å². The number of anilines is 1. The Balaban J connectivity index is 1.80. The zero-order chi connectivity index (χ0) is 34.0. The van der Waals surface area contributed by atoms with Gasteiger partial charge in [-0.1, -0.05) is 140 Å². The number of aryl methyl sites for hydroxylation is 1. The molecule has 1 heterocycles. The van der Waals surface area contributed by atoms with Crippen LogP contribution in [0.4, 0.5) is 11.4 Å². The van der Waals surface area contributed by atoms with Gasteiger partial charge in [0, 0.05) is 11.9 Å². The van der Waals surface area contributed by atoms with E-state index < -0.39 is 10.0 Å². The van der Waals surface area contributed by atoms with E-state index in [2.05, 4.69) is 113 Å². The highest BCUT2D eigenvalue weighted by Crippen LogP contribution is 2.47. The molecule has 1 aliphatic heterocycles. The Kier molecular flexibility index (Phi) is 10.2. The number of amidine groups is 1. The molecule has 5 nitrogen and oxygen atoms in total. The first-order valence-corrected chi connectivity index (χ1v) is 18.3. The van der Waals surface area contributed by atoms with Crippen LogP contribution in [0, 0.1) is 6.92 Å². The van der Waals surface area contributed by atoms with Crippen LogP contribution in [0.3, 0.4) is 0 Å². The first-order chi connectivity index (χ1) is 22.3. The maximum atomic E-state index is 14.0. The molecule has 2 atom stereocenters. The van der Waals surface area contributed by atoms with Crippen LogP contribution in [-0.2, 0) is 10.0 Å². The lowest BCUT2D eigenvalue weighted by Crippen LogP contribution is -2.61. The molecule has 1 saturated heterocycles. The molecular weight excluding hydrogens is 599 g/mol. The molecule has 0 bridgehead atoms. The highest BCUT2D eigenvalue weighted by molar-refractivity contribution is 7.90. The monoisotopic (exact) mass is 647 g/mol. The number of benzene rings is 4. The number of sulfonamides is 1. The maximum Gasteiger partial charge on any atom is 0.283 e. The van der Waals surface area contributed by atoms with Gasteiger partial charge < -0.3 is 4.90 Å². The summed E-state index contributed by atoms with van der Waals surface area (Å²) in [5.74, 6) is 1.23. The predicted octanol–water partition coefficient (Wildman–Crippen LogP) is 10.7. The Morgan fingerprint density at radius 1 is 0.638 bits per heavy atom. The van der Waals surface area contributed by atoms with Gasteiger partial charge in [0.05, 0.1) is 22.5 Å². The second kappa shape index (κ2) is 14.0. The third-order valence-electron chi connectivity index (χ3n) is 9.14. The summed E-state index contributed by atoms with van der Waals surface area (Å²) in [7, 11) is -4.01. The quantitative estimate of drug-likeness (QED) is 0.161. The third kappa shape index (κ3) is 6.99. The molecule has 4 aromatic carbocycles. The van der Waals surface area contributed by atoms with Gasteiger partial charge >= 0.3 is 0 Å². The largest absolute Gasteiger partial charge is 0.318 e. The van der Waals surface area contributed by atoms with Crippen LogP contribution < -0.4 is 4.90 Å². The highest BCUT2D eigenvalue weighted by atomic mass is 32.2. The van der Waals surface area contributed by atoms with Gasteiger partial charge in [0.2, 0.25) is 0 Å². The average Bonchev–Trinajstić information content (AvgIpc) is 3.02. The molecule has 0 aliphatic carbocycles. The molecule has 2 unspecified atom stereocenters. The van der Waals surface area contributed by atoms with Crippen molar-refractivity contribution < 1.29 is 8.42 Å². The van der Waals surface area contributed by atoms with Crippen molar-refractivity contribution in [3.63, 3.8) is 0 Å². The molecule has 246 valence electrons. The molecule has 0 spiro atoms. The van der Waals surface area contributed by atoms with E-state index >= 15 is 0 Å². The number of para-hydroxylation sites is 2. The molecule has 0 amide bonds. The molecule has 4 aromatic rings. The Bertz CT molecular complexity index is 1820.